The van der Waals surface area contributed by atoms with Crippen molar-refractivity contribution in [2.75, 3.05) is 0 Å². The molecule has 0 spiro atoms. The van der Waals surface area contributed by atoms with Gasteiger partial charge in [-0.15, -0.1) is 6.07 Å². The van der Waals surface area contributed by atoms with Crippen LogP contribution in [0, 0.1) is 18.0 Å². The second-order valence-corrected chi connectivity index (χ2v) is 6.48. The van der Waals surface area contributed by atoms with Gasteiger partial charge in [-0.1, -0.05) is 29.8 Å². The molecule has 0 unspecified atom stereocenters. The topological polar surface area (TPSA) is 58.9 Å². The van der Waals surface area contributed by atoms with Crippen molar-refractivity contribution in [3.63, 3.8) is 0 Å². The van der Waals surface area contributed by atoms with Gasteiger partial charge in [0.1, 0.15) is 16.9 Å². The fourth-order valence-electron chi connectivity index (χ4n) is 2.42. The van der Waals surface area contributed by atoms with Crippen molar-refractivity contribution in [1.82, 2.24) is 15.0 Å². The van der Waals surface area contributed by atoms with Gasteiger partial charge in [0.15, 0.2) is 0 Å². The van der Waals surface area contributed by atoms with Gasteiger partial charge in [-0.25, -0.2) is 13.8 Å². The summed E-state index contributed by atoms with van der Waals surface area (Å²) in [5.74, 6) is -1.89. The molecule has 0 saturated heterocycles. The Hall–Kier alpha value is -1.69. The van der Waals surface area contributed by atoms with E-state index in [1.165, 1.54) is 0 Å². The summed E-state index contributed by atoms with van der Waals surface area (Å²) in [4.78, 5) is 12.1. The largest absolute Gasteiger partial charge is 0.324 e. The molecule has 26 heavy (non-hydrogen) atoms. The molecule has 0 amide bonds. The molecule has 8 heteroatoms. The summed E-state index contributed by atoms with van der Waals surface area (Å²) in [5, 5.41) is 0.476. The second-order valence-electron chi connectivity index (χ2n) is 5.87. The molecule has 138 valence electrons. The van der Waals surface area contributed by atoms with Gasteiger partial charge in [-0.3, -0.25) is 4.98 Å². The standard InChI is InChI=1S/C18H14F2N3OS.Pt/c1-18(2,14-7-4-8-16(22-14)25-24)13-6-3-5-12(21-13)11-9-10-15(19)23-17(11)20;/h3-8,10,24H,1-2H3;/q-1;. The van der Waals surface area contributed by atoms with E-state index in [1.807, 2.05) is 19.9 Å². The zero-order valence-electron chi connectivity index (χ0n) is 13.8. The Bertz CT molecular complexity index is 924. The smallest absolute Gasteiger partial charge is 0.128 e. The Labute approximate surface area is 168 Å². The number of rotatable bonds is 4. The molecule has 1 N–H and O–H groups in total. The van der Waals surface area contributed by atoms with E-state index >= 15 is 0 Å². The van der Waals surface area contributed by atoms with E-state index in [9.17, 15) is 13.3 Å². The van der Waals surface area contributed by atoms with Crippen LogP contribution < -0.4 is 0 Å². The molecule has 0 saturated carbocycles. The van der Waals surface area contributed by atoms with E-state index in [0.29, 0.717) is 34.2 Å². The van der Waals surface area contributed by atoms with Gasteiger partial charge >= 0.3 is 0 Å². The summed E-state index contributed by atoms with van der Waals surface area (Å²) < 4.78 is 36.1. The minimum Gasteiger partial charge on any atom is -0.324 e. The molecule has 3 rings (SSSR count). The first-order valence-corrected chi connectivity index (χ1v) is 8.20. The maximum absolute atomic E-state index is 13.9. The summed E-state index contributed by atoms with van der Waals surface area (Å²) in [6.45, 7) is 3.85. The van der Waals surface area contributed by atoms with Crippen LogP contribution in [0.5, 0.6) is 0 Å². The molecule has 0 bridgehead atoms. The predicted octanol–water partition coefficient (Wildman–Crippen LogP) is 4.51. The van der Waals surface area contributed by atoms with Gasteiger partial charge in [-0.05, 0) is 37.7 Å². The van der Waals surface area contributed by atoms with E-state index in [2.05, 4.69) is 21.0 Å². The number of aromatic nitrogens is 3. The molecule has 3 aromatic heterocycles. The Balaban J connectivity index is 0.00000243. The Morgan fingerprint density at radius 2 is 1.65 bits per heavy atom. The van der Waals surface area contributed by atoms with Crippen molar-refractivity contribution in [1.29, 1.82) is 0 Å². The van der Waals surface area contributed by atoms with Gasteiger partial charge in [0, 0.05) is 44.2 Å². The Kier molecular flexibility index (Phi) is 6.61. The number of hydrogen-bond donors (Lipinski definition) is 1. The van der Waals surface area contributed by atoms with Crippen molar-refractivity contribution in [2.45, 2.75) is 24.3 Å². The molecule has 0 aliphatic heterocycles. The third-order valence-corrected chi connectivity index (χ3v) is 4.26. The summed E-state index contributed by atoms with van der Waals surface area (Å²) in [7, 11) is 0. The normalized spacial score (nSPS) is 11.1. The first-order valence-electron chi connectivity index (χ1n) is 7.42. The van der Waals surface area contributed by atoms with E-state index in [1.54, 1.807) is 30.3 Å². The maximum Gasteiger partial charge on any atom is 0.128 e. The number of pyridine rings is 3. The minimum atomic E-state index is -0.959. The maximum atomic E-state index is 13.9. The van der Waals surface area contributed by atoms with Crippen LogP contribution >= 0.6 is 12.0 Å². The summed E-state index contributed by atoms with van der Waals surface area (Å²) in [6.07, 6.45) is 0. The van der Waals surface area contributed by atoms with Crippen molar-refractivity contribution >= 4 is 12.0 Å². The quantitative estimate of drug-likeness (QED) is 0.293. The van der Waals surface area contributed by atoms with Crippen molar-refractivity contribution < 1.29 is 34.4 Å². The molecule has 0 aliphatic rings. The molecule has 3 aromatic rings. The van der Waals surface area contributed by atoms with Gasteiger partial charge in [-0.2, -0.15) is 0 Å². The fraction of sp³-hybridized carbons (Fsp3) is 0.167. The van der Waals surface area contributed by atoms with Crippen LogP contribution in [0.2, 0.25) is 0 Å². The number of nitrogens with zero attached hydrogens (tertiary/aromatic N) is 3. The third-order valence-electron chi connectivity index (χ3n) is 3.85. The summed E-state index contributed by atoms with van der Waals surface area (Å²) in [5.41, 5.74) is 1.08. The van der Waals surface area contributed by atoms with Gasteiger partial charge < -0.3 is 9.54 Å². The van der Waals surface area contributed by atoms with Gasteiger partial charge in [0.25, 0.3) is 0 Å². The minimum absolute atomic E-state index is 0. The molecular formula is C18H14F2N3OPtS-. The van der Waals surface area contributed by atoms with Crippen molar-refractivity contribution in [3.05, 3.63) is 71.8 Å². The van der Waals surface area contributed by atoms with Crippen molar-refractivity contribution in [3.8, 4) is 11.3 Å². The third kappa shape index (κ3) is 4.17. The van der Waals surface area contributed by atoms with E-state index < -0.39 is 17.3 Å². The molecule has 0 aliphatic carbocycles. The van der Waals surface area contributed by atoms with E-state index in [-0.39, 0.29) is 26.6 Å². The van der Waals surface area contributed by atoms with Gasteiger partial charge in [0.05, 0.1) is 5.69 Å². The summed E-state index contributed by atoms with van der Waals surface area (Å²) in [6, 6.07) is 14.0. The molecule has 0 fully saturated rings. The number of hydrogen-bond acceptors (Lipinski definition) is 5. The van der Waals surface area contributed by atoms with Crippen LogP contribution in [0.1, 0.15) is 25.2 Å². The zero-order valence-corrected chi connectivity index (χ0v) is 16.9. The fourth-order valence-corrected chi connectivity index (χ4v) is 2.70. The second kappa shape index (κ2) is 8.33. The molecular weight excluding hydrogens is 539 g/mol. The SMILES string of the molecule is CC(C)(c1cccc(SO)n1)c1cccc(-c2[c-]cc(F)nc2F)n1.[Pt]. The molecule has 4 nitrogen and oxygen atoms in total. The Morgan fingerprint density at radius 3 is 2.31 bits per heavy atom. The molecule has 0 radical (unpaired) electrons. The monoisotopic (exact) mass is 553 g/mol. The van der Waals surface area contributed by atoms with E-state index in [0.717, 1.165) is 6.07 Å². The zero-order chi connectivity index (χ0) is 18.0. The summed E-state index contributed by atoms with van der Waals surface area (Å²) >= 11 is 0.568. The first-order chi connectivity index (χ1) is 11.9. The molecule has 0 aromatic carbocycles. The average Bonchev–Trinajstić information content (AvgIpc) is 2.62. The van der Waals surface area contributed by atoms with Crippen LogP contribution in [0.3, 0.4) is 0 Å². The van der Waals surface area contributed by atoms with E-state index in [4.69, 9.17) is 0 Å². The van der Waals surface area contributed by atoms with Crippen LogP contribution in [0.25, 0.3) is 11.3 Å². The van der Waals surface area contributed by atoms with Gasteiger partial charge in [0.2, 0.25) is 0 Å². The predicted molar refractivity (Wildman–Crippen MR) is 91.1 cm³/mol. The molecule has 0 atom stereocenters. The van der Waals surface area contributed by atoms with Crippen LogP contribution in [-0.2, 0) is 26.5 Å². The Morgan fingerprint density at radius 1 is 1.00 bits per heavy atom. The number of halogens is 2. The average molecular weight is 553 g/mol. The van der Waals surface area contributed by atoms with Crippen LogP contribution in [0.15, 0.2) is 47.5 Å². The van der Waals surface area contributed by atoms with Crippen molar-refractivity contribution in [2.24, 2.45) is 0 Å². The molecule has 3 heterocycles. The first kappa shape index (κ1) is 20.6. The van der Waals surface area contributed by atoms with Crippen LogP contribution in [0.4, 0.5) is 8.78 Å². The van der Waals surface area contributed by atoms with Crippen LogP contribution in [-0.4, -0.2) is 19.5 Å².